The summed E-state index contributed by atoms with van der Waals surface area (Å²) >= 11 is 0. The molecule has 1 aliphatic carbocycles. The zero-order valence-corrected chi connectivity index (χ0v) is 17.4. The Kier molecular flexibility index (Phi) is 8.11. The van der Waals surface area contributed by atoms with Crippen molar-refractivity contribution < 1.29 is 9.13 Å². The molecule has 1 saturated carbocycles. The average Bonchev–Trinajstić information content (AvgIpc) is 2.76. The van der Waals surface area contributed by atoms with Crippen LogP contribution in [0.2, 0.25) is 0 Å². The predicted molar refractivity (Wildman–Crippen MR) is 115 cm³/mol. The van der Waals surface area contributed by atoms with Gasteiger partial charge in [-0.15, -0.1) is 0 Å². The predicted octanol–water partition coefficient (Wildman–Crippen LogP) is 7.59. The second-order valence-electron chi connectivity index (χ2n) is 8.38. The molecule has 0 amide bonds. The minimum Gasteiger partial charge on any atom is -0.486 e. The maximum absolute atomic E-state index is 14.0. The first kappa shape index (κ1) is 21.4. The Morgan fingerprint density at radius 1 is 1.03 bits per heavy atom. The molecule has 1 aliphatic rings. The number of rotatable bonds is 9. The Morgan fingerprint density at radius 3 is 2.34 bits per heavy atom. The van der Waals surface area contributed by atoms with Gasteiger partial charge in [-0.05, 0) is 42.4 Å². The highest BCUT2D eigenvalue weighted by Crippen LogP contribution is 2.36. The van der Waals surface area contributed by atoms with E-state index in [4.69, 9.17) is 10.00 Å². The Balaban J connectivity index is 1.60. The first-order valence-electron chi connectivity index (χ1n) is 11.1. The lowest BCUT2D eigenvalue weighted by Crippen LogP contribution is -2.16. The molecule has 1 unspecified atom stereocenters. The Morgan fingerprint density at radius 2 is 1.72 bits per heavy atom. The molecule has 0 heterocycles. The second-order valence-corrected chi connectivity index (χ2v) is 8.38. The van der Waals surface area contributed by atoms with Crippen LogP contribution in [-0.4, -0.2) is 0 Å². The van der Waals surface area contributed by atoms with E-state index in [1.165, 1.54) is 57.1 Å². The van der Waals surface area contributed by atoms with E-state index in [0.29, 0.717) is 5.75 Å². The van der Waals surface area contributed by atoms with E-state index in [1.807, 2.05) is 24.3 Å². The number of benzene rings is 2. The number of unbranched alkanes of at least 4 members (excludes halogenated alkanes) is 1. The van der Waals surface area contributed by atoms with Gasteiger partial charge in [-0.2, -0.15) is 5.26 Å². The molecule has 154 valence electrons. The third-order valence-electron chi connectivity index (χ3n) is 6.28. The molecule has 0 bridgehead atoms. The van der Waals surface area contributed by atoms with Gasteiger partial charge < -0.3 is 4.74 Å². The summed E-state index contributed by atoms with van der Waals surface area (Å²) in [4.78, 5) is 0. The Labute approximate surface area is 174 Å². The standard InChI is InChI=1S/C26H32FNO/c1-2-3-7-20-10-12-21(13-11-20)14-17-26(22-8-5-4-6-9-22)29-24-16-15-23(19-28)25(27)18-24/h4-6,8-9,15-16,18,20-21,26H,2-3,7,10-14,17H2,1H3/t20-,21-,26?. The lowest BCUT2D eigenvalue weighted by molar-refractivity contribution is 0.167. The van der Waals surface area contributed by atoms with Gasteiger partial charge in [-0.1, -0.05) is 82.2 Å². The molecule has 29 heavy (non-hydrogen) atoms. The fourth-order valence-electron chi connectivity index (χ4n) is 4.47. The van der Waals surface area contributed by atoms with Crippen LogP contribution < -0.4 is 4.74 Å². The number of ether oxygens (including phenoxy) is 1. The van der Waals surface area contributed by atoms with Crippen LogP contribution in [0.25, 0.3) is 0 Å². The molecule has 2 nitrogen and oxygen atoms in total. The van der Waals surface area contributed by atoms with Crippen LogP contribution in [0.4, 0.5) is 4.39 Å². The maximum atomic E-state index is 14.0. The zero-order valence-electron chi connectivity index (χ0n) is 17.4. The molecular formula is C26H32FNO. The van der Waals surface area contributed by atoms with Gasteiger partial charge in [0.05, 0.1) is 5.56 Å². The monoisotopic (exact) mass is 393 g/mol. The molecule has 0 radical (unpaired) electrons. The van der Waals surface area contributed by atoms with E-state index in [2.05, 4.69) is 19.1 Å². The maximum Gasteiger partial charge on any atom is 0.144 e. The Hall–Kier alpha value is -2.34. The van der Waals surface area contributed by atoms with Gasteiger partial charge in [0.1, 0.15) is 23.7 Å². The van der Waals surface area contributed by atoms with E-state index in [1.54, 1.807) is 6.07 Å². The molecule has 2 aromatic carbocycles. The molecule has 0 aliphatic heterocycles. The fraction of sp³-hybridized carbons (Fsp3) is 0.500. The first-order chi connectivity index (χ1) is 14.2. The van der Waals surface area contributed by atoms with Crippen LogP contribution in [0.3, 0.4) is 0 Å². The minimum absolute atomic E-state index is 0.0495. The molecule has 2 aromatic rings. The summed E-state index contributed by atoms with van der Waals surface area (Å²) in [7, 11) is 0. The lowest BCUT2D eigenvalue weighted by atomic mass is 9.77. The van der Waals surface area contributed by atoms with Crippen molar-refractivity contribution in [2.75, 3.05) is 0 Å². The van der Waals surface area contributed by atoms with Crippen molar-refractivity contribution in [3.63, 3.8) is 0 Å². The molecule has 0 spiro atoms. The van der Waals surface area contributed by atoms with Crippen LogP contribution >= 0.6 is 0 Å². The summed E-state index contributed by atoms with van der Waals surface area (Å²) in [6.07, 6.45) is 11.4. The summed E-state index contributed by atoms with van der Waals surface area (Å²) in [5.74, 6) is 1.65. The largest absolute Gasteiger partial charge is 0.486 e. The molecule has 0 N–H and O–H groups in total. The van der Waals surface area contributed by atoms with Gasteiger partial charge >= 0.3 is 0 Å². The number of halogens is 1. The van der Waals surface area contributed by atoms with Crippen LogP contribution in [0.15, 0.2) is 48.5 Å². The van der Waals surface area contributed by atoms with Crippen molar-refractivity contribution in [1.82, 2.24) is 0 Å². The van der Waals surface area contributed by atoms with E-state index in [-0.39, 0.29) is 11.7 Å². The summed E-state index contributed by atoms with van der Waals surface area (Å²) in [5, 5.41) is 8.93. The minimum atomic E-state index is -0.526. The second kappa shape index (κ2) is 11.0. The van der Waals surface area contributed by atoms with Crippen molar-refractivity contribution in [2.45, 2.75) is 70.8 Å². The van der Waals surface area contributed by atoms with E-state index in [0.717, 1.165) is 30.2 Å². The van der Waals surface area contributed by atoms with Crippen molar-refractivity contribution >= 4 is 0 Å². The molecule has 1 fully saturated rings. The summed E-state index contributed by atoms with van der Waals surface area (Å²) in [5.41, 5.74) is 1.17. The fourth-order valence-corrected chi connectivity index (χ4v) is 4.47. The first-order valence-corrected chi connectivity index (χ1v) is 11.1. The van der Waals surface area contributed by atoms with Crippen molar-refractivity contribution in [1.29, 1.82) is 5.26 Å². The summed E-state index contributed by atoms with van der Waals surface area (Å²) in [6, 6.07) is 16.6. The van der Waals surface area contributed by atoms with Crippen molar-refractivity contribution in [3.05, 3.63) is 65.5 Å². The number of hydrogen-bond donors (Lipinski definition) is 0. The molecule has 0 saturated heterocycles. The van der Waals surface area contributed by atoms with Gasteiger partial charge in [0.25, 0.3) is 0 Å². The van der Waals surface area contributed by atoms with Crippen molar-refractivity contribution in [2.24, 2.45) is 11.8 Å². The molecule has 3 rings (SSSR count). The van der Waals surface area contributed by atoms with Gasteiger partial charge in [0.2, 0.25) is 0 Å². The molecular weight excluding hydrogens is 361 g/mol. The molecule has 3 heteroatoms. The van der Waals surface area contributed by atoms with Gasteiger partial charge in [0.15, 0.2) is 0 Å². The van der Waals surface area contributed by atoms with Crippen LogP contribution in [0.5, 0.6) is 5.75 Å². The smallest absolute Gasteiger partial charge is 0.144 e. The summed E-state index contributed by atoms with van der Waals surface area (Å²) in [6.45, 7) is 2.27. The molecule has 1 atom stereocenters. The van der Waals surface area contributed by atoms with Crippen LogP contribution in [0.1, 0.15) is 81.9 Å². The SMILES string of the molecule is CCCC[C@H]1CC[C@H](CCC(Oc2ccc(C#N)c(F)c2)c2ccccc2)CC1. The highest BCUT2D eigenvalue weighted by Gasteiger charge is 2.23. The normalized spacial score (nSPS) is 20.0. The van der Waals surface area contributed by atoms with E-state index < -0.39 is 5.82 Å². The van der Waals surface area contributed by atoms with Gasteiger partial charge in [0, 0.05) is 6.07 Å². The highest BCUT2D eigenvalue weighted by atomic mass is 19.1. The van der Waals surface area contributed by atoms with Crippen molar-refractivity contribution in [3.8, 4) is 11.8 Å². The average molecular weight is 394 g/mol. The quantitative estimate of drug-likeness (QED) is 0.439. The third kappa shape index (κ3) is 6.32. The molecule has 0 aromatic heterocycles. The summed E-state index contributed by atoms with van der Waals surface area (Å²) < 4.78 is 20.2. The Bertz CT molecular complexity index is 790. The van der Waals surface area contributed by atoms with Gasteiger partial charge in [-0.3, -0.25) is 0 Å². The number of nitriles is 1. The number of hydrogen-bond acceptors (Lipinski definition) is 2. The van der Waals surface area contributed by atoms with Crippen LogP contribution in [-0.2, 0) is 0 Å². The zero-order chi connectivity index (χ0) is 20.5. The van der Waals surface area contributed by atoms with E-state index in [9.17, 15) is 4.39 Å². The van der Waals surface area contributed by atoms with Gasteiger partial charge in [-0.25, -0.2) is 4.39 Å². The topological polar surface area (TPSA) is 33.0 Å². The lowest BCUT2D eigenvalue weighted by Gasteiger charge is -2.30. The third-order valence-corrected chi connectivity index (χ3v) is 6.28. The number of nitrogens with zero attached hydrogens (tertiary/aromatic N) is 1. The highest BCUT2D eigenvalue weighted by molar-refractivity contribution is 5.36. The van der Waals surface area contributed by atoms with E-state index >= 15 is 0 Å². The van der Waals surface area contributed by atoms with Crippen LogP contribution in [0, 0.1) is 29.0 Å².